The first-order valence-electron chi connectivity index (χ1n) is 5.76. The third-order valence-corrected chi connectivity index (χ3v) is 2.94. The highest BCUT2D eigenvalue weighted by Gasteiger charge is 2.18. The van der Waals surface area contributed by atoms with Gasteiger partial charge >= 0.3 is 0 Å². The number of hydrogen-bond acceptors (Lipinski definition) is 1. The van der Waals surface area contributed by atoms with Gasteiger partial charge in [-0.3, -0.25) is 0 Å². The lowest BCUT2D eigenvalue weighted by molar-refractivity contribution is -0.108. The normalized spacial score (nSPS) is 12.2. The highest BCUT2D eigenvalue weighted by Crippen LogP contribution is 2.29. The number of aldehydes is 1. The van der Waals surface area contributed by atoms with E-state index >= 15 is 0 Å². The van der Waals surface area contributed by atoms with Gasteiger partial charge in [-0.25, -0.2) is 13.2 Å². The lowest BCUT2D eigenvalue weighted by atomic mass is 9.88. The zero-order valence-corrected chi connectivity index (χ0v) is 9.95. The number of carbonyl (C=O) groups is 1. The first-order chi connectivity index (χ1) is 9.11. The van der Waals surface area contributed by atoms with Crippen molar-refractivity contribution in [1.82, 2.24) is 0 Å². The van der Waals surface area contributed by atoms with Crippen molar-refractivity contribution in [2.24, 2.45) is 0 Å². The van der Waals surface area contributed by atoms with E-state index < -0.39 is 23.4 Å². The maximum Gasteiger partial charge on any atom is 0.127 e. The van der Waals surface area contributed by atoms with Crippen molar-refractivity contribution >= 4 is 6.29 Å². The van der Waals surface area contributed by atoms with Crippen molar-refractivity contribution in [3.05, 3.63) is 71.0 Å². The second-order valence-electron chi connectivity index (χ2n) is 4.17. The Hall–Kier alpha value is -2.10. The highest BCUT2D eigenvalue weighted by atomic mass is 19.1. The molecule has 4 heteroatoms. The molecular weight excluding hydrogens is 253 g/mol. The van der Waals surface area contributed by atoms with Crippen LogP contribution in [0.5, 0.6) is 0 Å². The third kappa shape index (κ3) is 3.02. The van der Waals surface area contributed by atoms with E-state index in [1.807, 2.05) is 0 Å². The van der Waals surface area contributed by atoms with Gasteiger partial charge < -0.3 is 4.79 Å². The smallest absolute Gasteiger partial charge is 0.127 e. The van der Waals surface area contributed by atoms with Crippen LogP contribution in [0.2, 0.25) is 0 Å². The molecule has 98 valence electrons. The number of halogens is 3. The van der Waals surface area contributed by atoms with E-state index in [-0.39, 0.29) is 12.0 Å². The molecule has 0 heterocycles. The van der Waals surface area contributed by atoms with Crippen molar-refractivity contribution in [1.29, 1.82) is 0 Å². The number of hydrogen-bond donors (Lipinski definition) is 0. The Balaban J connectivity index is 2.47. The fourth-order valence-electron chi connectivity index (χ4n) is 2.02. The van der Waals surface area contributed by atoms with Crippen molar-refractivity contribution < 1.29 is 18.0 Å². The first-order valence-corrected chi connectivity index (χ1v) is 5.76. The topological polar surface area (TPSA) is 17.1 Å². The molecule has 0 amide bonds. The lowest BCUT2D eigenvalue weighted by Crippen LogP contribution is -2.05. The molecule has 2 aromatic carbocycles. The van der Waals surface area contributed by atoms with Crippen LogP contribution in [0.3, 0.4) is 0 Å². The second kappa shape index (κ2) is 5.69. The minimum absolute atomic E-state index is 0.00596. The van der Waals surface area contributed by atoms with Crippen molar-refractivity contribution in [2.75, 3.05) is 0 Å². The molecule has 1 nitrogen and oxygen atoms in total. The molecule has 0 fully saturated rings. The van der Waals surface area contributed by atoms with Gasteiger partial charge in [0.15, 0.2) is 0 Å². The summed E-state index contributed by atoms with van der Waals surface area (Å²) in [5.41, 5.74) is 0.664. The molecular formula is C15H11F3O. The number of carbonyl (C=O) groups excluding carboxylic acids is 1. The third-order valence-electron chi connectivity index (χ3n) is 2.94. The van der Waals surface area contributed by atoms with Crippen molar-refractivity contribution in [3.8, 4) is 0 Å². The second-order valence-corrected chi connectivity index (χ2v) is 4.17. The fraction of sp³-hybridized carbons (Fsp3) is 0.133. The Kier molecular flexibility index (Phi) is 4.00. The van der Waals surface area contributed by atoms with Crippen LogP contribution in [-0.2, 0) is 4.79 Å². The summed E-state index contributed by atoms with van der Waals surface area (Å²) in [7, 11) is 0. The van der Waals surface area contributed by atoms with Crippen LogP contribution in [0.4, 0.5) is 13.2 Å². The van der Waals surface area contributed by atoms with Gasteiger partial charge in [0.05, 0.1) is 0 Å². The Morgan fingerprint density at radius 1 is 0.947 bits per heavy atom. The molecule has 0 aliphatic heterocycles. The molecule has 0 bridgehead atoms. The van der Waals surface area contributed by atoms with Gasteiger partial charge in [0, 0.05) is 12.3 Å². The average Bonchev–Trinajstić information content (AvgIpc) is 2.40. The minimum atomic E-state index is -0.617. The summed E-state index contributed by atoms with van der Waals surface area (Å²) >= 11 is 0. The Morgan fingerprint density at radius 3 is 2.21 bits per heavy atom. The molecule has 0 spiro atoms. The predicted octanol–water partition coefficient (Wildman–Crippen LogP) is 3.82. The molecule has 0 aliphatic rings. The van der Waals surface area contributed by atoms with E-state index in [1.165, 1.54) is 24.3 Å². The zero-order valence-electron chi connectivity index (χ0n) is 9.95. The van der Waals surface area contributed by atoms with Crippen molar-refractivity contribution in [2.45, 2.75) is 12.3 Å². The molecule has 1 atom stereocenters. The summed E-state index contributed by atoms with van der Waals surface area (Å²) in [5, 5.41) is 0. The summed E-state index contributed by atoms with van der Waals surface area (Å²) in [4.78, 5) is 10.7. The van der Waals surface area contributed by atoms with Gasteiger partial charge in [-0.2, -0.15) is 0 Å². The summed E-state index contributed by atoms with van der Waals surface area (Å²) in [6.07, 6.45) is 0.643. The molecule has 0 N–H and O–H groups in total. The van der Waals surface area contributed by atoms with Crippen LogP contribution in [0.15, 0.2) is 42.5 Å². The van der Waals surface area contributed by atoms with E-state index in [0.717, 1.165) is 18.2 Å². The van der Waals surface area contributed by atoms with Crippen LogP contribution in [0, 0.1) is 17.5 Å². The van der Waals surface area contributed by atoms with E-state index in [1.54, 1.807) is 0 Å². The first kappa shape index (κ1) is 13.3. The summed E-state index contributed by atoms with van der Waals surface area (Å²) < 4.78 is 39.8. The standard InChI is InChI=1S/C15H11F3O/c16-11-3-1-10(2-4-11)13(7-8-19)14-9-12(17)5-6-15(14)18/h1-6,8-9,13H,7H2/t13-/m0/s1. The van der Waals surface area contributed by atoms with Crippen LogP contribution in [0.25, 0.3) is 0 Å². The molecule has 0 saturated carbocycles. The zero-order chi connectivity index (χ0) is 13.8. The maximum absolute atomic E-state index is 13.8. The lowest BCUT2D eigenvalue weighted by Gasteiger charge is -2.16. The molecule has 0 radical (unpaired) electrons. The van der Waals surface area contributed by atoms with Crippen LogP contribution < -0.4 is 0 Å². The Morgan fingerprint density at radius 2 is 1.58 bits per heavy atom. The molecule has 0 aromatic heterocycles. The van der Waals surface area contributed by atoms with Crippen LogP contribution in [0.1, 0.15) is 23.5 Å². The summed E-state index contributed by atoms with van der Waals surface area (Å²) in [5.74, 6) is -2.20. The fourth-order valence-corrected chi connectivity index (χ4v) is 2.02. The molecule has 2 rings (SSSR count). The van der Waals surface area contributed by atoms with Crippen molar-refractivity contribution in [3.63, 3.8) is 0 Å². The van der Waals surface area contributed by atoms with Gasteiger partial charge in [0.25, 0.3) is 0 Å². The SMILES string of the molecule is O=CC[C@@H](c1ccc(F)cc1)c1cc(F)ccc1F. The van der Waals surface area contributed by atoms with Gasteiger partial charge in [-0.05, 0) is 41.5 Å². The van der Waals surface area contributed by atoms with E-state index in [2.05, 4.69) is 0 Å². The number of benzene rings is 2. The quantitative estimate of drug-likeness (QED) is 0.767. The van der Waals surface area contributed by atoms with E-state index in [0.29, 0.717) is 11.8 Å². The van der Waals surface area contributed by atoms with Gasteiger partial charge in [0.1, 0.15) is 23.7 Å². The Labute approximate surface area is 108 Å². The van der Waals surface area contributed by atoms with Crippen LogP contribution in [-0.4, -0.2) is 6.29 Å². The van der Waals surface area contributed by atoms with Gasteiger partial charge in [-0.1, -0.05) is 12.1 Å². The average molecular weight is 264 g/mol. The molecule has 0 aliphatic carbocycles. The van der Waals surface area contributed by atoms with Gasteiger partial charge in [-0.15, -0.1) is 0 Å². The predicted molar refractivity (Wildman–Crippen MR) is 65.3 cm³/mol. The van der Waals surface area contributed by atoms with E-state index in [4.69, 9.17) is 0 Å². The maximum atomic E-state index is 13.8. The molecule has 0 saturated heterocycles. The molecule has 19 heavy (non-hydrogen) atoms. The molecule has 0 unspecified atom stereocenters. The highest BCUT2D eigenvalue weighted by molar-refractivity contribution is 5.54. The largest absolute Gasteiger partial charge is 0.303 e. The number of rotatable bonds is 4. The van der Waals surface area contributed by atoms with Gasteiger partial charge in [0.2, 0.25) is 0 Å². The minimum Gasteiger partial charge on any atom is -0.303 e. The summed E-state index contributed by atoms with van der Waals surface area (Å²) in [6, 6.07) is 8.48. The molecule has 2 aromatic rings. The monoisotopic (exact) mass is 264 g/mol. The van der Waals surface area contributed by atoms with E-state index in [9.17, 15) is 18.0 Å². The summed E-state index contributed by atoms with van der Waals surface area (Å²) in [6.45, 7) is 0. The Bertz CT molecular complexity index is 578. The van der Waals surface area contributed by atoms with Crippen LogP contribution >= 0.6 is 0 Å².